The van der Waals surface area contributed by atoms with Gasteiger partial charge in [0.05, 0.1) is 5.52 Å². The van der Waals surface area contributed by atoms with Crippen molar-refractivity contribution in [2.24, 2.45) is 0 Å². The van der Waals surface area contributed by atoms with Crippen molar-refractivity contribution in [1.29, 1.82) is 0 Å². The molecule has 0 spiro atoms. The third-order valence-electron chi connectivity index (χ3n) is 3.53. The fourth-order valence-corrected chi connectivity index (χ4v) is 2.39. The van der Waals surface area contributed by atoms with Gasteiger partial charge in [-0.05, 0) is 32.0 Å². The fourth-order valence-electron chi connectivity index (χ4n) is 2.39. The molecule has 0 radical (unpaired) electrons. The second-order valence-corrected chi connectivity index (χ2v) is 4.94. The normalized spacial score (nSPS) is 18.3. The number of rotatable bonds is 2. The highest BCUT2D eigenvalue weighted by Crippen LogP contribution is 2.25. The van der Waals surface area contributed by atoms with E-state index in [0.29, 0.717) is 11.9 Å². The number of anilines is 1. The number of fused-ring (bicyclic) bond motifs is 1. The predicted octanol–water partition coefficient (Wildman–Crippen LogP) is 1.62. The Bertz CT molecular complexity index is 543. The minimum atomic E-state index is 0.318. The van der Waals surface area contributed by atoms with E-state index in [-0.39, 0.29) is 0 Å². The van der Waals surface area contributed by atoms with Crippen LogP contribution < -0.4 is 10.5 Å². The van der Waals surface area contributed by atoms with Crippen LogP contribution in [0, 0.1) is 0 Å². The number of hydrogen-bond acceptors (Lipinski definition) is 4. The van der Waals surface area contributed by atoms with Gasteiger partial charge in [-0.15, -0.1) is 0 Å². The van der Waals surface area contributed by atoms with Gasteiger partial charge in [0.1, 0.15) is 11.9 Å². The molecule has 0 atom stereocenters. The summed E-state index contributed by atoms with van der Waals surface area (Å²) in [5.74, 6) is 1.43. The molecule has 18 heavy (non-hydrogen) atoms. The Labute approximate surface area is 106 Å². The summed E-state index contributed by atoms with van der Waals surface area (Å²) in [5, 5.41) is 7.84. The maximum atomic E-state index is 6.01. The lowest BCUT2D eigenvalue weighted by atomic mass is 10.1. The van der Waals surface area contributed by atoms with Crippen LogP contribution in [0.25, 0.3) is 10.9 Å². The number of likely N-dealkylation sites (tertiary alicyclic amines) is 1. The van der Waals surface area contributed by atoms with Gasteiger partial charge in [-0.3, -0.25) is 5.10 Å². The molecular formula is C13H18N4O. The Morgan fingerprint density at radius 3 is 2.94 bits per heavy atom. The zero-order valence-corrected chi connectivity index (χ0v) is 10.5. The zero-order chi connectivity index (χ0) is 12.5. The van der Waals surface area contributed by atoms with Gasteiger partial charge in [0.2, 0.25) is 0 Å². The van der Waals surface area contributed by atoms with E-state index in [1.165, 1.54) is 0 Å². The molecule has 1 aromatic heterocycles. The molecule has 5 nitrogen and oxygen atoms in total. The number of benzene rings is 1. The maximum absolute atomic E-state index is 6.01. The van der Waals surface area contributed by atoms with Crippen molar-refractivity contribution >= 4 is 16.7 Å². The number of ether oxygens (including phenoxy) is 1. The van der Waals surface area contributed by atoms with Crippen LogP contribution in [0.15, 0.2) is 18.2 Å². The Balaban J connectivity index is 1.74. The zero-order valence-electron chi connectivity index (χ0n) is 10.5. The van der Waals surface area contributed by atoms with E-state index in [1.807, 2.05) is 18.2 Å². The molecule has 5 heteroatoms. The number of aromatic nitrogens is 2. The summed E-state index contributed by atoms with van der Waals surface area (Å²) in [5.41, 5.74) is 6.67. The fraction of sp³-hybridized carbons (Fsp3) is 0.462. The first-order chi connectivity index (χ1) is 8.72. The van der Waals surface area contributed by atoms with Crippen molar-refractivity contribution in [2.45, 2.75) is 18.9 Å². The minimum Gasteiger partial charge on any atom is -0.490 e. The number of hydrogen-bond donors (Lipinski definition) is 2. The number of H-pyrrole nitrogens is 1. The number of nitrogen functional groups attached to an aromatic ring is 1. The third-order valence-corrected chi connectivity index (χ3v) is 3.53. The molecule has 1 aliphatic heterocycles. The van der Waals surface area contributed by atoms with Crippen LogP contribution in [0.3, 0.4) is 0 Å². The second-order valence-electron chi connectivity index (χ2n) is 4.94. The highest BCUT2D eigenvalue weighted by molar-refractivity contribution is 5.89. The topological polar surface area (TPSA) is 67.2 Å². The molecule has 1 aliphatic rings. The largest absolute Gasteiger partial charge is 0.490 e. The lowest BCUT2D eigenvalue weighted by Crippen LogP contribution is -2.35. The average Bonchev–Trinajstić information content (AvgIpc) is 2.74. The van der Waals surface area contributed by atoms with Gasteiger partial charge in [-0.25, -0.2) is 0 Å². The summed E-state index contributed by atoms with van der Waals surface area (Å²) in [4.78, 5) is 2.33. The van der Waals surface area contributed by atoms with E-state index in [4.69, 9.17) is 10.5 Å². The molecule has 1 aromatic carbocycles. The van der Waals surface area contributed by atoms with Crippen LogP contribution >= 0.6 is 0 Å². The van der Waals surface area contributed by atoms with Gasteiger partial charge in [0, 0.05) is 24.5 Å². The van der Waals surface area contributed by atoms with E-state index in [2.05, 4.69) is 22.1 Å². The maximum Gasteiger partial charge on any atom is 0.153 e. The predicted molar refractivity (Wildman–Crippen MR) is 71.7 cm³/mol. The first-order valence-electron chi connectivity index (χ1n) is 6.31. The first kappa shape index (κ1) is 11.3. The Hall–Kier alpha value is -1.75. The van der Waals surface area contributed by atoms with Gasteiger partial charge in [-0.1, -0.05) is 0 Å². The van der Waals surface area contributed by atoms with Crippen LogP contribution in [0.4, 0.5) is 5.82 Å². The summed E-state index contributed by atoms with van der Waals surface area (Å²) in [6.07, 6.45) is 2.48. The van der Waals surface area contributed by atoms with Gasteiger partial charge in [-0.2, -0.15) is 5.10 Å². The van der Waals surface area contributed by atoms with E-state index >= 15 is 0 Å². The number of aromatic amines is 1. The quantitative estimate of drug-likeness (QED) is 0.845. The van der Waals surface area contributed by atoms with Crippen molar-refractivity contribution in [2.75, 3.05) is 25.9 Å². The van der Waals surface area contributed by atoms with E-state index < -0.39 is 0 Å². The molecular weight excluding hydrogens is 228 g/mol. The van der Waals surface area contributed by atoms with Crippen molar-refractivity contribution in [1.82, 2.24) is 15.1 Å². The van der Waals surface area contributed by atoms with Gasteiger partial charge in [0.15, 0.2) is 5.82 Å². The molecule has 1 saturated heterocycles. The number of nitrogens with two attached hydrogens (primary N) is 1. The van der Waals surface area contributed by atoms with Crippen molar-refractivity contribution in [3.8, 4) is 5.75 Å². The molecule has 2 aromatic rings. The average molecular weight is 246 g/mol. The van der Waals surface area contributed by atoms with E-state index in [0.717, 1.165) is 42.6 Å². The summed E-state index contributed by atoms with van der Waals surface area (Å²) in [6, 6.07) is 5.89. The lowest BCUT2D eigenvalue weighted by Gasteiger charge is -2.29. The Kier molecular flexibility index (Phi) is 2.83. The molecule has 3 N–H and O–H groups in total. The van der Waals surface area contributed by atoms with Gasteiger partial charge >= 0.3 is 0 Å². The molecule has 2 heterocycles. The van der Waals surface area contributed by atoms with Crippen LogP contribution in [0.5, 0.6) is 5.75 Å². The molecule has 0 aliphatic carbocycles. The first-order valence-corrected chi connectivity index (χ1v) is 6.31. The smallest absolute Gasteiger partial charge is 0.153 e. The van der Waals surface area contributed by atoms with Crippen molar-refractivity contribution in [3.63, 3.8) is 0 Å². The van der Waals surface area contributed by atoms with E-state index in [9.17, 15) is 0 Å². The monoisotopic (exact) mass is 246 g/mol. The standard InChI is InChI=1S/C13H18N4O/c1-17-6-4-9(5-7-17)18-10-2-3-11-12(8-10)15-16-13(11)14/h2-3,8-9H,4-7H2,1H3,(H3,14,15,16). The lowest BCUT2D eigenvalue weighted by molar-refractivity contribution is 0.114. The highest BCUT2D eigenvalue weighted by Gasteiger charge is 2.18. The van der Waals surface area contributed by atoms with Crippen molar-refractivity contribution in [3.05, 3.63) is 18.2 Å². The summed E-state index contributed by atoms with van der Waals surface area (Å²) in [7, 11) is 2.15. The molecule has 96 valence electrons. The second kappa shape index (κ2) is 4.49. The summed E-state index contributed by atoms with van der Waals surface area (Å²) < 4.78 is 6.01. The Morgan fingerprint density at radius 2 is 2.17 bits per heavy atom. The highest BCUT2D eigenvalue weighted by atomic mass is 16.5. The number of nitrogens with zero attached hydrogens (tertiary/aromatic N) is 2. The van der Waals surface area contributed by atoms with Gasteiger partial charge < -0.3 is 15.4 Å². The molecule has 3 rings (SSSR count). The molecule has 1 fully saturated rings. The van der Waals surface area contributed by atoms with Crippen LogP contribution in [0.1, 0.15) is 12.8 Å². The SMILES string of the molecule is CN1CCC(Oc2ccc3c(N)n[nH]c3c2)CC1. The molecule has 0 saturated carbocycles. The third kappa shape index (κ3) is 2.13. The molecule has 0 bridgehead atoms. The van der Waals surface area contributed by atoms with Crippen molar-refractivity contribution < 1.29 is 4.74 Å². The van der Waals surface area contributed by atoms with E-state index in [1.54, 1.807) is 0 Å². The van der Waals surface area contributed by atoms with Crippen LogP contribution in [-0.4, -0.2) is 41.3 Å². The summed E-state index contributed by atoms with van der Waals surface area (Å²) >= 11 is 0. The molecule has 0 unspecified atom stereocenters. The van der Waals surface area contributed by atoms with Gasteiger partial charge in [0.25, 0.3) is 0 Å². The Morgan fingerprint density at radius 1 is 1.39 bits per heavy atom. The number of piperidine rings is 1. The summed E-state index contributed by atoms with van der Waals surface area (Å²) in [6.45, 7) is 2.20. The minimum absolute atomic E-state index is 0.318. The number of nitrogens with one attached hydrogen (secondary N) is 1. The molecule has 0 amide bonds. The van der Waals surface area contributed by atoms with Crippen LogP contribution in [0.2, 0.25) is 0 Å². The van der Waals surface area contributed by atoms with Crippen LogP contribution in [-0.2, 0) is 0 Å².